The van der Waals surface area contributed by atoms with E-state index in [2.05, 4.69) is 58.4 Å². The SMILES string of the molecule is O=c1c2ccc(Br)c3cccc(c32)c2nc3cc(-c4ccccc4)cc(-c4ccccc4)c3n12. The highest BCUT2D eigenvalue weighted by molar-refractivity contribution is 9.10. The van der Waals surface area contributed by atoms with E-state index in [-0.39, 0.29) is 5.56 Å². The molecule has 0 spiro atoms. The Morgan fingerprint density at radius 1 is 0.647 bits per heavy atom. The number of rotatable bonds is 2. The van der Waals surface area contributed by atoms with Crippen molar-refractivity contribution in [2.45, 2.75) is 0 Å². The van der Waals surface area contributed by atoms with Crippen molar-refractivity contribution in [3.63, 3.8) is 0 Å². The van der Waals surface area contributed by atoms with Gasteiger partial charge in [0.2, 0.25) is 0 Å². The zero-order valence-corrected chi connectivity index (χ0v) is 19.6. The molecular formula is C30H17BrN2O. The van der Waals surface area contributed by atoms with Gasteiger partial charge in [0, 0.05) is 26.2 Å². The highest BCUT2D eigenvalue weighted by Crippen LogP contribution is 2.37. The monoisotopic (exact) mass is 500 g/mol. The Balaban J connectivity index is 1.72. The van der Waals surface area contributed by atoms with Gasteiger partial charge < -0.3 is 0 Å². The highest BCUT2D eigenvalue weighted by Gasteiger charge is 2.20. The fourth-order valence-corrected chi connectivity index (χ4v) is 5.54. The zero-order valence-electron chi connectivity index (χ0n) is 18.0. The molecule has 0 unspecified atom stereocenters. The molecule has 3 nitrogen and oxygen atoms in total. The highest BCUT2D eigenvalue weighted by atomic mass is 79.9. The Morgan fingerprint density at radius 3 is 2.12 bits per heavy atom. The predicted molar refractivity (Wildman–Crippen MR) is 144 cm³/mol. The lowest BCUT2D eigenvalue weighted by Crippen LogP contribution is -2.13. The maximum absolute atomic E-state index is 13.9. The molecule has 0 amide bonds. The lowest BCUT2D eigenvalue weighted by molar-refractivity contribution is 1.19. The van der Waals surface area contributed by atoms with Crippen molar-refractivity contribution >= 4 is 54.2 Å². The van der Waals surface area contributed by atoms with E-state index in [1.54, 1.807) is 4.40 Å². The number of halogens is 1. The van der Waals surface area contributed by atoms with Crippen molar-refractivity contribution in [2.24, 2.45) is 0 Å². The van der Waals surface area contributed by atoms with Gasteiger partial charge in [-0.3, -0.25) is 9.20 Å². The lowest BCUT2D eigenvalue weighted by atomic mass is 9.97. The Hall–Kier alpha value is -4.02. The van der Waals surface area contributed by atoms with Crippen LogP contribution >= 0.6 is 15.9 Å². The molecule has 0 radical (unpaired) electrons. The number of hydrogen-bond donors (Lipinski definition) is 0. The van der Waals surface area contributed by atoms with Crippen molar-refractivity contribution < 1.29 is 0 Å². The van der Waals surface area contributed by atoms with Crippen LogP contribution in [0, 0.1) is 0 Å². The van der Waals surface area contributed by atoms with E-state index in [4.69, 9.17) is 4.98 Å². The van der Waals surface area contributed by atoms with Crippen molar-refractivity contribution in [3.8, 4) is 22.3 Å². The van der Waals surface area contributed by atoms with Crippen molar-refractivity contribution in [1.29, 1.82) is 0 Å². The normalized spacial score (nSPS) is 11.8. The summed E-state index contributed by atoms with van der Waals surface area (Å²) in [6.45, 7) is 0. The van der Waals surface area contributed by atoms with Crippen LogP contribution in [0.4, 0.5) is 0 Å². The van der Waals surface area contributed by atoms with Crippen LogP contribution in [0.25, 0.3) is 60.5 Å². The van der Waals surface area contributed by atoms with Gasteiger partial charge in [-0.1, -0.05) is 94.8 Å². The van der Waals surface area contributed by atoms with E-state index >= 15 is 0 Å². The molecule has 2 heterocycles. The average molecular weight is 501 g/mol. The number of hydrogen-bond acceptors (Lipinski definition) is 2. The molecule has 7 aromatic rings. The zero-order chi connectivity index (χ0) is 22.8. The van der Waals surface area contributed by atoms with Crippen LogP contribution in [0.3, 0.4) is 0 Å². The Morgan fingerprint density at radius 2 is 1.35 bits per heavy atom. The maximum atomic E-state index is 13.9. The topological polar surface area (TPSA) is 34.4 Å². The second-order valence-corrected chi connectivity index (χ2v) is 9.38. The number of aromatic nitrogens is 2. The summed E-state index contributed by atoms with van der Waals surface area (Å²) < 4.78 is 2.78. The van der Waals surface area contributed by atoms with Crippen molar-refractivity contribution in [1.82, 2.24) is 9.38 Å². The maximum Gasteiger partial charge on any atom is 0.264 e. The Bertz CT molecular complexity index is 1930. The van der Waals surface area contributed by atoms with Gasteiger partial charge in [0.25, 0.3) is 5.56 Å². The van der Waals surface area contributed by atoms with Gasteiger partial charge in [-0.2, -0.15) is 0 Å². The molecule has 4 heteroatoms. The van der Waals surface area contributed by atoms with E-state index in [1.165, 1.54) is 0 Å². The molecule has 0 aliphatic carbocycles. The molecule has 0 fully saturated rings. The van der Waals surface area contributed by atoms with Gasteiger partial charge in [0.05, 0.1) is 11.0 Å². The average Bonchev–Trinajstić information content (AvgIpc) is 3.29. The van der Waals surface area contributed by atoms with Gasteiger partial charge in [0.1, 0.15) is 5.65 Å². The van der Waals surface area contributed by atoms with Crippen LogP contribution in [0.2, 0.25) is 0 Å². The van der Waals surface area contributed by atoms with Crippen LogP contribution in [-0.2, 0) is 0 Å². The summed E-state index contributed by atoms with van der Waals surface area (Å²) in [4.78, 5) is 19.0. The predicted octanol–water partition coefficient (Wildman–Crippen LogP) is 7.69. The number of imidazole rings is 1. The molecule has 0 aliphatic rings. The lowest BCUT2D eigenvalue weighted by Gasteiger charge is -2.11. The largest absolute Gasteiger partial charge is 0.268 e. The van der Waals surface area contributed by atoms with Gasteiger partial charge in [-0.15, -0.1) is 0 Å². The van der Waals surface area contributed by atoms with E-state index in [9.17, 15) is 4.79 Å². The summed E-state index contributed by atoms with van der Waals surface area (Å²) in [5.74, 6) is 0. The summed E-state index contributed by atoms with van der Waals surface area (Å²) >= 11 is 3.65. The standard InChI is InChI=1S/C30H17BrN2O/c31-25-15-14-23-27-21(25)12-7-13-22(27)29-32-26-17-20(18-8-3-1-4-9-18)16-24(19-10-5-2-6-11-19)28(26)33(29)30(23)34/h1-17H. The number of fused-ring (bicyclic) bond motifs is 4. The third kappa shape index (κ3) is 2.69. The van der Waals surface area contributed by atoms with Crippen LogP contribution in [-0.4, -0.2) is 9.38 Å². The summed E-state index contributed by atoms with van der Waals surface area (Å²) in [6, 6.07) is 34.8. The quantitative estimate of drug-likeness (QED) is 0.243. The van der Waals surface area contributed by atoms with E-state index in [0.717, 1.165) is 53.9 Å². The molecule has 7 rings (SSSR count). The van der Waals surface area contributed by atoms with Gasteiger partial charge >= 0.3 is 0 Å². The van der Waals surface area contributed by atoms with Crippen LogP contribution in [0.5, 0.6) is 0 Å². The molecule has 0 bridgehead atoms. The summed E-state index contributed by atoms with van der Waals surface area (Å²) in [5.41, 5.74) is 6.56. The fourth-order valence-electron chi connectivity index (χ4n) is 5.08. The van der Waals surface area contributed by atoms with Crippen LogP contribution in [0.1, 0.15) is 0 Å². The third-order valence-electron chi connectivity index (χ3n) is 6.61. The first-order valence-corrected chi connectivity index (χ1v) is 11.9. The molecular weight excluding hydrogens is 484 g/mol. The first-order valence-electron chi connectivity index (χ1n) is 11.1. The number of nitrogens with zero attached hydrogens (tertiary/aromatic N) is 2. The summed E-state index contributed by atoms with van der Waals surface area (Å²) in [5, 5.41) is 3.65. The van der Waals surface area contributed by atoms with Crippen molar-refractivity contribution in [2.75, 3.05) is 0 Å². The van der Waals surface area contributed by atoms with Gasteiger partial charge in [0.15, 0.2) is 0 Å². The minimum atomic E-state index is -0.0432. The molecule has 0 saturated heterocycles. The Kier molecular flexibility index (Phi) is 4.14. The molecule has 0 saturated carbocycles. The van der Waals surface area contributed by atoms with E-state index in [1.807, 2.05) is 60.7 Å². The number of benzene rings is 5. The minimum absolute atomic E-state index is 0.0432. The molecule has 160 valence electrons. The van der Waals surface area contributed by atoms with Crippen molar-refractivity contribution in [3.05, 3.63) is 118 Å². The fraction of sp³-hybridized carbons (Fsp3) is 0. The summed E-state index contributed by atoms with van der Waals surface area (Å²) in [6.07, 6.45) is 0. The van der Waals surface area contributed by atoms with Gasteiger partial charge in [-0.05, 0) is 46.3 Å². The second-order valence-electron chi connectivity index (χ2n) is 8.52. The summed E-state index contributed by atoms with van der Waals surface area (Å²) in [7, 11) is 0. The van der Waals surface area contributed by atoms with Crippen LogP contribution in [0.15, 0.2) is 112 Å². The van der Waals surface area contributed by atoms with Gasteiger partial charge in [-0.25, -0.2) is 4.98 Å². The second kappa shape index (κ2) is 7.24. The molecule has 0 atom stereocenters. The number of pyridine rings is 1. The molecule has 34 heavy (non-hydrogen) atoms. The molecule has 5 aromatic carbocycles. The van der Waals surface area contributed by atoms with Crippen LogP contribution < -0.4 is 5.56 Å². The molecule has 0 aliphatic heterocycles. The first kappa shape index (κ1) is 19.4. The third-order valence-corrected chi connectivity index (χ3v) is 7.30. The molecule has 0 N–H and O–H groups in total. The Labute approximate surface area is 203 Å². The first-order chi connectivity index (χ1) is 16.7. The molecule has 2 aromatic heterocycles. The minimum Gasteiger partial charge on any atom is -0.268 e. The smallest absolute Gasteiger partial charge is 0.264 e. The van der Waals surface area contributed by atoms with E-state index in [0.29, 0.717) is 11.0 Å². The van der Waals surface area contributed by atoms with E-state index < -0.39 is 0 Å².